The molecule has 8 nitrogen and oxygen atoms in total. The molecule has 0 bridgehead atoms. The van der Waals surface area contributed by atoms with Crippen molar-refractivity contribution < 1.29 is 9.90 Å². The van der Waals surface area contributed by atoms with Gasteiger partial charge in [0.2, 0.25) is 5.54 Å². The number of nitrogens with two attached hydrogens (primary N) is 2. The van der Waals surface area contributed by atoms with Gasteiger partial charge in [-0.2, -0.15) is 0 Å². The predicted molar refractivity (Wildman–Crippen MR) is 84.6 cm³/mol. The molecule has 5 N–H and O–H groups in total. The van der Waals surface area contributed by atoms with Crippen LogP contribution in [0.25, 0.3) is 10.2 Å². The number of benzene rings is 1. The number of aromatic nitrogens is 1. The lowest BCUT2D eigenvalue weighted by Gasteiger charge is -2.18. The fourth-order valence-corrected chi connectivity index (χ4v) is 3.13. The zero-order valence-electron chi connectivity index (χ0n) is 11.6. The number of thiazole rings is 1. The van der Waals surface area contributed by atoms with Gasteiger partial charge >= 0.3 is 5.97 Å². The number of carbonyl (C=O) groups is 1. The highest BCUT2D eigenvalue weighted by atomic mass is 32.1. The molecule has 0 saturated heterocycles. The fraction of sp³-hybridized carbons (Fsp3) is 0.308. The van der Waals surface area contributed by atoms with Crippen molar-refractivity contribution in [2.45, 2.75) is 18.4 Å². The lowest BCUT2D eigenvalue weighted by molar-refractivity contribution is -0.144. The number of carboxylic acids is 1. The van der Waals surface area contributed by atoms with Crippen molar-refractivity contribution in [1.29, 1.82) is 0 Å². The highest BCUT2D eigenvalue weighted by Crippen LogP contribution is 2.36. The molecule has 0 radical (unpaired) electrons. The van der Waals surface area contributed by atoms with Crippen LogP contribution < -0.4 is 11.5 Å². The van der Waals surface area contributed by atoms with Gasteiger partial charge in [0.05, 0.1) is 10.2 Å². The maximum Gasteiger partial charge on any atom is 0.342 e. The van der Waals surface area contributed by atoms with E-state index in [9.17, 15) is 14.8 Å². The molecule has 0 spiro atoms. The van der Waals surface area contributed by atoms with E-state index in [0.717, 1.165) is 16.0 Å². The standard InChI is InChI=1S/C13H15N5O3S/c14-12(15)16-7-3-6-13(18-21,11(19)20)10-17-8-4-1-2-5-9(8)22-10/h1-2,4-5H,3,6-7H2,(H,19,20)(H4,14,15,16)/t13-/m1/s1. The number of aliphatic carboxylic acids is 1. The van der Waals surface area contributed by atoms with Gasteiger partial charge in [-0.25, -0.2) is 9.78 Å². The molecule has 1 aromatic heterocycles. The van der Waals surface area contributed by atoms with E-state index in [1.165, 1.54) is 0 Å². The monoisotopic (exact) mass is 321 g/mol. The van der Waals surface area contributed by atoms with Crippen molar-refractivity contribution in [3.05, 3.63) is 34.2 Å². The Hall–Kier alpha value is -2.55. The zero-order valence-corrected chi connectivity index (χ0v) is 12.4. The topological polar surface area (TPSA) is 144 Å². The molecule has 0 saturated carbocycles. The van der Waals surface area contributed by atoms with Crippen molar-refractivity contribution in [2.75, 3.05) is 6.54 Å². The number of para-hydroxylation sites is 1. The quantitative estimate of drug-likeness (QED) is 0.304. The van der Waals surface area contributed by atoms with E-state index in [1.54, 1.807) is 12.1 Å². The van der Waals surface area contributed by atoms with Crippen LogP contribution in [0.4, 0.5) is 0 Å². The van der Waals surface area contributed by atoms with Crippen LogP contribution >= 0.6 is 11.3 Å². The minimum absolute atomic E-state index is 0.0254. The van der Waals surface area contributed by atoms with Gasteiger partial charge in [-0.3, -0.25) is 4.99 Å². The first-order valence-electron chi connectivity index (χ1n) is 6.49. The first-order valence-corrected chi connectivity index (χ1v) is 7.30. The molecule has 0 unspecified atom stereocenters. The van der Waals surface area contributed by atoms with Gasteiger partial charge < -0.3 is 16.6 Å². The number of rotatable bonds is 7. The zero-order chi connectivity index (χ0) is 16.2. The van der Waals surface area contributed by atoms with E-state index < -0.39 is 11.5 Å². The number of fused-ring (bicyclic) bond motifs is 1. The second kappa shape index (κ2) is 6.48. The van der Waals surface area contributed by atoms with Crippen molar-refractivity contribution in [3.8, 4) is 0 Å². The fourth-order valence-electron chi connectivity index (χ4n) is 2.02. The second-order valence-electron chi connectivity index (χ2n) is 4.65. The number of hydrogen-bond acceptors (Lipinski definition) is 6. The molecule has 0 aliphatic heterocycles. The highest BCUT2D eigenvalue weighted by molar-refractivity contribution is 7.18. The SMILES string of the molecule is NC(N)=NCCC[C@](N=O)(C(=O)O)c1nc2ccccc2s1. The van der Waals surface area contributed by atoms with Gasteiger partial charge in [-0.1, -0.05) is 12.1 Å². The van der Waals surface area contributed by atoms with Crippen molar-refractivity contribution in [3.63, 3.8) is 0 Å². The van der Waals surface area contributed by atoms with Crippen LogP contribution in [0, 0.1) is 4.91 Å². The average Bonchev–Trinajstić information content (AvgIpc) is 2.91. The second-order valence-corrected chi connectivity index (χ2v) is 5.68. The van der Waals surface area contributed by atoms with Crippen LogP contribution in [0.1, 0.15) is 17.8 Å². The third kappa shape index (κ3) is 3.03. The molecular formula is C13H15N5O3S. The predicted octanol–water partition coefficient (Wildman–Crippen LogP) is 1.40. The summed E-state index contributed by atoms with van der Waals surface area (Å²) in [6.45, 7) is 0.220. The summed E-state index contributed by atoms with van der Waals surface area (Å²) < 4.78 is 0.802. The van der Waals surface area contributed by atoms with Crippen LogP contribution in [0.5, 0.6) is 0 Å². The molecule has 116 valence electrons. The molecule has 2 rings (SSSR count). The molecule has 0 aliphatic rings. The molecular weight excluding hydrogens is 306 g/mol. The van der Waals surface area contributed by atoms with Gasteiger partial charge in [-0.05, 0) is 30.2 Å². The van der Waals surface area contributed by atoms with E-state index >= 15 is 0 Å². The molecule has 2 aromatic rings. The Balaban J connectivity index is 2.33. The summed E-state index contributed by atoms with van der Waals surface area (Å²) in [6.07, 6.45) is 0.272. The van der Waals surface area contributed by atoms with E-state index in [-0.39, 0.29) is 23.9 Å². The Kier molecular flexibility index (Phi) is 4.66. The molecule has 1 atom stereocenters. The molecule has 0 fully saturated rings. The number of guanidine groups is 1. The van der Waals surface area contributed by atoms with Crippen LogP contribution in [0.2, 0.25) is 0 Å². The molecule has 1 aromatic carbocycles. The third-order valence-corrected chi connectivity index (χ3v) is 4.34. The molecule has 0 aliphatic carbocycles. The Bertz CT molecular complexity index is 692. The number of aliphatic imine (C=N–C) groups is 1. The van der Waals surface area contributed by atoms with Gasteiger partial charge in [0.1, 0.15) is 5.01 Å². The van der Waals surface area contributed by atoms with Crippen molar-refractivity contribution >= 4 is 33.5 Å². The van der Waals surface area contributed by atoms with Gasteiger partial charge in [-0.15, -0.1) is 16.2 Å². The summed E-state index contributed by atoms with van der Waals surface area (Å²) in [5.41, 5.74) is 9.15. The van der Waals surface area contributed by atoms with E-state index in [4.69, 9.17) is 11.5 Å². The number of nitrogens with zero attached hydrogens (tertiary/aromatic N) is 3. The molecule has 22 heavy (non-hydrogen) atoms. The number of hydrogen-bond donors (Lipinski definition) is 3. The first kappa shape index (κ1) is 15.8. The third-order valence-electron chi connectivity index (χ3n) is 3.15. The number of nitroso groups, excluding NO2 is 1. The minimum Gasteiger partial charge on any atom is -0.479 e. The lowest BCUT2D eigenvalue weighted by Crippen LogP contribution is -2.33. The average molecular weight is 321 g/mol. The largest absolute Gasteiger partial charge is 0.479 e. The van der Waals surface area contributed by atoms with E-state index in [0.29, 0.717) is 11.9 Å². The first-order chi connectivity index (χ1) is 10.5. The van der Waals surface area contributed by atoms with Gasteiger partial charge in [0.25, 0.3) is 0 Å². The van der Waals surface area contributed by atoms with Crippen molar-refractivity contribution in [1.82, 2.24) is 4.98 Å². The minimum atomic E-state index is -1.91. The van der Waals surface area contributed by atoms with Gasteiger partial charge in [0, 0.05) is 6.54 Å². The maximum atomic E-state index is 11.6. The Morgan fingerprint density at radius 2 is 2.09 bits per heavy atom. The van der Waals surface area contributed by atoms with Crippen LogP contribution in [0.15, 0.2) is 34.4 Å². The Labute approximate surface area is 129 Å². The van der Waals surface area contributed by atoms with Crippen molar-refractivity contribution in [2.24, 2.45) is 21.6 Å². The Morgan fingerprint density at radius 3 is 2.68 bits per heavy atom. The summed E-state index contributed by atoms with van der Waals surface area (Å²) in [4.78, 5) is 31.0. The number of carboxylic acid groups (broad SMARTS) is 1. The summed E-state index contributed by atoms with van der Waals surface area (Å²) in [6, 6.07) is 7.18. The van der Waals surface area contributed by atoms with E-state index in [2.05, 4.69) is 15.2 Å². The van der Waals surface area contributed by atoms with Crippen LogP contribution in [-0.4, -0.2) is 28.6 Å². The lowest BCUT2D eigenvalue weighted by atomic mass is 9.95. The summed E-state index contributed by atoms with van der Waals surface area (Å²) >= 11 is 1.15. The Morgan fingerprint density at radius 1 is 1.36 bits per heavy atom. The molecule has 9 heteroatoms. The van der Waals surface area contributed by atoms with Crippen LogP contribution in [-0.2, 0) is 10.3 Å². The maximum absolute atomic E-state index is 11.6. The van der Waals surface area contributed by atoms with Crippen LogP contribution in [0.3, 0.4) is 0 Å². The molecule has 0 amide bonds. The summed E-state index contributed by atoms with van der Waals surface area (Å²) in [5, 5.41) is 12.6. The van der Waals surface area contributed by atoms with Gasteiger partial charge in [0.15, 0.2) is 5.96 Å². The highest BCUT2D eigenvalue weighted by Gasteiger charge is 2.45. The normalized spacial score (nSPS) is 13.5. The summed E-state index contributed by atoms with van der Waals surface area (Å²) in [7, 11) is 0. The smallest absolute Gasteiger partial charge is 0.342 e. The summed E-state index contributed by atoms with van der Waals surface area (Å²) in [5.74, 6) is -1.41. The van der Waals surface area contributed by atoms with E-state index in [1.807, 2.05) is 12.1 Å². The molecule has 1 heterocycles.